The van der Waals surface area contributed by atoms with Gasteiger partial charge < -0.3 is 10.2 Å². The molecule has 0 atom stereocenters. The van der Waals surface area contributed by atoms with Crippen molar-refractivity contribution in [3.63, 3.8) is 0 Å². The van der Waals surface area contributed by atoms with E-state index in [4.69, 9.17) is 4.11 Å². The van der Waals surface area contributed by atoms with Gasteiger partial charge in [-0.2, -0.15) is 5.10 Å². The van der Waals surface area contributed by atoms with Crippen LogP contribution in [0.5, 0.6) is 0 Å². The van der Waals surface area contributed by atoms with Crippen LogP contribution in [-0.4, -0.2) is 50.4 Å². The maximum absolute atomic E-state index is 12.8. The molecule has 1 amide bonds. The molecule has 3 aromatic rings. The van der Waals surface area contributed by atoms with Crippen molar-refractivity contribution in [1.82, 2.24) is 24.9 Å². The van der Waals surface area contributed by atoms with Gasteiger partial charge in [-0.15, -0.1) is 10.2 Å². The number of amides is 1. The lowest BCUT2D eigenvalue weighted by atomic mass is 9.95. The summed E-state index contributed by atoms with van der Waals surface area (Å²) >= 11 is 0. The summed E-state index contributed by atoms with van der Waals surface area (Å²) in [5, 5.41) is 16.0. The third-order valence-corrected chi connectivity index (χ3v) is 5.33. The molecule has 1 N–H and O–H groups in total. The minimum Gasteiger partial charge on any atom is -0.309 e. The van der Waals surface area contributed by atoms with Crippen molar-refractivity contribution in [2.24, 2.45) is 18.8 Å². The molecule has 29 heavy (non-hydrogen) atoms. The third kappa shape index (κ3) is 4.62. The molecule has 4 rings (SSSR count). The van der Waals surface area contributed by atoms with Crippen LogP contribution in [0.2, 0.25) is 0 Å². The van der Waals surface area contributed by atoms with Crippen LogP contribution < -0.4 is 5.32 Å². The molecule has 3 heterocycles. The Kier molecular flexibility index (Phi) is 4.59. The van der Waals surface area contributed by atoms with Gasteiger partial charge in [0.1, 0.15) is 0 Å². The van der Waals surface area contributed by atoms with E-state index in [1.807, 2.05) is 18.2 Å². The number of carbonyl (C=O) groups excluding carboxylic acids is 1. The van der Waals surface area contributed by atoms with Gasteiger partial charge >= 0.3 is 0 Å². The standard InChI is InChI=1S/C22H28N6O/c1-15(2)13-28-8-6-16(7-9-28)22(29)24-21-11-18-10-17(4-5-20(18)25-26-21)19-12-23-27(3)14-19/h4-5,10-12,14-16H,6-9,13H2,1-3H3,(H,24,26,29)/i3D3. The number of rotatable bonds is 5. The summed E-state index contributed by atoms with van der Waals surface area (Å²) in [5.74, 6) is 1.01. The Labute approximate surface area is 175 Å². The van der Waals surface area contributed by atoms with Crippen LogP contribution in [0.25, 0.3) is 22.0 Å². The number of hydrogen-bond acceptors (Lipinski definition) is 5. The van der Waals surface area contributed by atoms with Gasteiger partial charge in [0.05, 0.1) is 11.7 Å². The molecule has 0 bridgehead atoms. The summed E-state index contributed by atoms with van der Waals surface area (Å²) in [6, 6.07) is 7.36. The summed E-state index contributed by atoms with van der Waals surface area (Å²) in [5.41, 5.74) is 2.20. The molecule has 0 radical (unpaired) electrons. The minimum atomic E-state index is -2.32. The van der Waals surface area contributed by atoms with E-state index < -0.39 is 6.98 Å². The van der Waals surface area contributed by atoms with E-state index in [1.165, 1.54) is 12.4 Å². The largest absolute Gasteiger partial charge is 0.309 e. The van der Waals surface area contributed by atoms with Crippen LogP contribution in [0.15, 0.2) is 36.7 Å². The highest BCUT2D eigenvalue weighted by Crippen LogP contribution is 2.25. The predicted molar refractivity (Wildman–Crippen MR) is 114 cm³/mol. The Bertz CT molecular complexity index is 1100. The number of hydrogen-bond donors (Lipinski definition) is 1. The molecular weight excluding hydrogens is 364 g/mol. The zero-order valence-electron chi connectivity index (χ0n) is 19.8. The molecular formula is C22H28N6O. The third-order valence-electron chi connectivity index (χ3n) is 5.33. The Morgan fingerprint density at radius 1 is 1.24 bits per heavy atom. The first kappa shape index (κ1) is 16.0. The zero-order valence-corrected chi connectivity index (χ0v) is 16.8. The number of anilines is 1. The van der Waals surface area contributed by atoms with Crippen molar-refractivity contribution >= 4 is 22.6 Å². The first-order chi connectivity index (χ1) is 15.2. The number of fused-ring (bicyclic) bond motifs is 1. The Morgan fingerprint density at radius 3 is 2.79 bits per heavy atom. The quantitative estimate of drug-likeness (QED) is 0.717. The molecule has 7 heteroatoms. The topological polar surface area (TPSA) is 75.9 Å². The number of piperidine rings is 1. The lowest BCUT2D eigenvalue weighted by molar-refractivity contribution is -0.121. The second-order valence-electron chi connectivity index (χ2n) is 8.13. The molecule has 1 aliphatic heterocycles. The molecule has 0 aliphatic carbocycles. The highest BCUT2D eigenvalue weighted by Gasteiger charge is 2.25. The second kappa shape index (κ2) is 8.29. The lowest BCUT2D eigenvalue weighted by Crippen LogP contribution is -2.39. The fourth-order valence-corrected chi connectivity index (χ4v) is 3.88. The van der Waals surface area contributed by atoms with Crippen molar-refractivity contribution in [2.75, 3.05) is 25.0 Å². The Balaban J connectivity index is 1.46. The number of benzene rings is 1. The summed E-state index contributed by atoms with van der Waals surface area (Å²) in [6.07, 6.45) is 4.71. The smallest absolute Gasteiger partial charge is 0.228 e. The van der Waals surface area contributed by atoms with E-state index in [9.17, 15) is 4.79 Å². The first-order valence-electron chi connectivity index (χ1n) is 11.6. The highest BCUT2D eigenvalue weighted by molar-refractivity contribution is 5.94. The number of aromatic nitrogens is 4. The summed E-state index contributed by atoms with van der Waals surface area (Å²) in [7, 11) is 0. The SMILES string of the molecule is [2H]C([2H])([2H])n1cc(-c2ccc3nnc(NC(=O)C4CCN(CC(C)C)CC4)cc3c2)cn1. The van der Waals surface area contributed by atoms with Crippen LogP contribution in [-0.2, 0) is 11.8 Å². The average molecular weight is 396 g/mol. The molecule has 1 fully saturated rings. The molecule has 0 spiro atoms. The van der Waals surface area contributed by atoms with Gasteiger partial charge in [0.2, 0.25) is 5.91 Å². The van der Waals surface area contributed by atoms with Gasteiger partial charge in [0.25, 0.3) is 0 Å². The van der Waals surface area contributed by atoms with E-state index in [2.05, 4.69) is 39.4 Å². The van der Waals surface area contributed by atoms with Crippen LogP contribution >= 0.6 is 0 Å². The van der Waals surface area contributed by atoms with Crippen molar-refractivity contribution in [2.45, 2.75) is 26.7 Å². The van der Waals surface area contributed by atoms with Gasteiger partial charge in [-0.3, -0.25) is 9.48 Å². The number of carbonyl (C=O) groups is 1. The summed E-state index contributed by atoms with van der Waals surface area (Å²) in [6.45, 7) is 5.05. The summed E-state index contributed by atoms with van der Waals surface area (Å²) in [4.78, 5) is 15.2. The molecule has 0 unspecified atom stereocenters. The molecule has 2 aromatic heterocycles. The zero-order chi connectivity index (χ0) is 22.9. The van der Waals surface area contributed by atoms with E-state index in [0.29, 0.717) is 22.8 Å². The molecule has 1 aliphatic rings. The van der Waals surface area contributed by atoms with Crippen molar-refractivity contribution in [3.8, 4) is 11.1 Å². The number of likely N-dealkylation sites (tertiary alicyclic amines) is 1. The van der Waals surface area contributed by atoms with Gasteiger partial charge in [-0.25, -0.2) is 0 Å². The highest BCUT2D eigenvalue weighted by atomic mass is 16.2. The van der Waals surface area contributed by atoms with Crippen LogP contribution in [0.3, 0.4) is 0 Å². The van der Waals surface area contributed by atoms with Crippen molar-refractivity contribution in [3.05, 3.63) is 36.7 Å². The molecule has 0 saturated carbocycles. The van der Waals surface area contributed by atoms with Crippen molar-refractivity contribution < 1.29 is 8.91 Å². The Morgan fingerprint density at radius 2 is 2.07 bits per heavy atom. The van der Waals surface area contributed by atoms with E-state index >= 15 is 0 Å². The number of nitrogens with zero attached hydrogens (tertiary/aromatic N) is 5. The Hall–Kier alpha value is -2.80. The molecule has 1 aromatic carbocycles. The maximum Gasteiger partial charge on any atom is 0.228 e. The minimum absolute atomic E-state index is 0.0158. The van der Waals surface area contributed by atoms with Crippen LogP contribution in [0.1, 0.15) is 30.8 Å². The van der Waals surface area contributed by atoms with E-state index in [-0.39, 0.29) is 11.8 Å². The fourth-order valence-electron chi connectivity index (χ4n) is 3.88. The second-order valence-corrected chi connectivity index (χ2v) is 8.13. The van der Waals surface area contributed by atoms with E-state index in [1.54, 1.807) is 6.07 Å². The van der Waals surface area contributed by atoms with Gasteiger partial charge in [-0.05, 0) is 55.6 Å². The van der Waals surface area contributed by atoms with E-state index in [0.717, 1.165) is 48.1 Å². The average Bonchev–Trinajstić information content (AvgIpc) is 3.24. The predicted octanol–water partition coefficient (Wildman–Crippen LogP) is 3.34. The van der Waals surface area contributed by atoms with Crippen LogP contribution in [0, 0.1) is 11.8 Å². The molecule has 152 valence electrons. The van der Waals surface area contributed by atoms with Gasteiger partial charge in [0, 0.05) is 40.7 Å². The first-order valence-corrected chi connectivity index (χ1v) is 10.1. The normalized spacial score (nSPS) is 17.8. The molecule has 7 nitrogen and oxygen atoms in total. The molecule has 1 saturated heterocycles. The van der Waals surface area contributed by atoms with Gasteiger partial charge in [-0.1, -0.05) is 19.9 Å². The number of nitrogens with one attached hydrogen (secondary N) is 1. The maximum atomic E-state index is 12.8. The summed E-state index contributed by atoms with van der Waals surface area (Å²) < 4.78 is 23.4. The lowest BCUT2D eigenvalue weighted by Gasteiger charge is -2.32. The number of aryl methyl sites for hydroxylation is 1. The van der Waals surface area contributed by atoms with Crippen molar-refractivity contribution in [1.29, 1.82) is 0 Å². The monoisotopic (exact) mass is 395 g/mol. The fraction of sp³-hybridized carbons (Fsp3) is 0.455. The van der Waals surface area contributed by atoms with Crippen LogP contribution in [0.4, 0.5) is 5.82 Å². The van der Waals surface area contributed by atoms with Gasteiger partial charge in [0.15, 0.2) is 5.82 Å².